The minimum absolute atomic E-state index is 0.285. The van der Waals surface area contributed by atoms with Crippen molar-refractivity contribution in [2.75, 3.05) is 0 Å². The Morgan fingerprint density at radius 2 is 2.05 bits per heavy atom. The standard InChI is InChI=1S/C15H23N3O/c1-4-18-10-12(9-17-18)13(19)15(11-16)7-5-14(2,3)6-8-15/h9-10,13,19H,4-8H2,1-3H3. The first-order chi connectivity index (χ1) is 8.92. The molecule has 0 aliphatic heterocycles. The zero-order valence-electron chi connectivity index (χ0n) is 12.1. The van der Waals surface area contributed by atoms with E-state index in [2.05, 4.69) is 25.0 Å². The maximum Gasteiger partial charge on any atom is 0.101 e. The van der Waals surface area contributed by atoms with E-state index in [1.807, 2.05) is 13.1 Å². The molecule has 0 bridgehead atoms. The molecular formula is C15H23N3O. The van der Waals surface area contributed by atoms with Gasteiger partial charge in [-0.3, -0.25) is 4.68 Å². The van der Waals surface area contributed by atoms with Gasteiger partial charge in [0, 0.05) is 18.3 Å². The molecule has 1 heterocycles. The summed E-state index contributed by atoms with van der Waals surface area (Å²) < 4.78 is 1.79. The van der Waals surface area contributed by atoms with Gasteiger partial charge in [-0.15, -0.1) is 0 Å². The molecule has 4 nitrogen and oxygen atoms in total. The van der Waals surface area contributed by atoms with Gasteiger partial charge in [-0.2, -0.15) is 10.4 Å². The van der Waals surface area contributed by atoms with Crippen molar-refractivity contribution in [3.63, 3.8) is 0 Å². The zero-order chi connectivity index (χ0) is 14.1. The van der Waals surface area contributed by atoms with Crippen LogP contribution in [0.2, 0.25) is 0 Å². The van der Waals surface area contributed by atoms with E-state index in [9.17, 15) is 10.4 Å². The number of aromatic nitrogens is 2. The number of hydrogen-bond acceptors (Lipinski definition) is 3. The van der Waals surface area contributed by atoms with E-state index in [0.29, 0.717) is 0 Å². The van der Waals surface area contributed by atoms with Crippen LogP contribution in [0.4, 0.5) is 0 Å². The van der Waals surface area contributed by atoms with Crippen LogP contribution >= 0.6 is 0 Å². The van der Waals surface area contributed by atoms with Gasteiger partial charge in [0.15, 0.2) is 0 Å². The molecule has 1 atom stereocenters. The molecule has 104 valence electrons. The van der Waals surface area contributed by atoms with E-state index in [1.54, 1.807) is 10.9 Å². The first kappa shape index (κ1) is 14.1. The first-order valence-electron chi connectivity index (χ1n) is 7.04. The molecule has 1 N–H and O–H groups in total. The summed E-state index contributed by atoms with van der Waals surface area (Å²) in [5, 5.41) is 24.4. The van der Waals surface area contributed by atoms with Crippen LogP contribution in [0.25, 0.3) is 0 Å². The Labute approximate surface area is 115 Å². The fraction of sp³-hybridized carbons (Fsp3) is 0.733. The summed E-state index contributed by atoms with van der Waals surface area (Å²) in [5.74, 6) is 0. The fourth-order valence-corrected chi connectivity index (χ4v) is 2.83. The Hall–Kier alpha value is -1.34. The van der Waals surface area contributed by atoms with Crippen molar-refractivity contribution in [2.45, 2.75) is 59.1 Å². The molecule has 1 aromatic heterocycles. The highest BCUT2D eigenvalue weighted by Gasteiger charge is 2.44. The molecule has 0 amide bonds. The second-order valence-corrected chi connectivity index (χ2v) is 6.46. The Balaban J connectivity index is 2.20. The molecule has 4 heteroatoms. The van der Waals surface area contributed by atoms with E-state index in [-0.39, 0.29) is 5.41 Å². The van der Waals surface area contributed by atoms with Crippen molar-refractivity contribution in [1.82, 2.24) is 9.78 Å². The molecule has 1 unspecified atom stereocenters. The van der Waals surface area contributed by atoms with Crippen molar-refractivity contribution in [1.29, 1.82) is 5.26 Å². The molecule has 1 aliphatic rings. The highest BCUT2D eigenvalue weighted by molar-refractivity contribution is 5.19. The fourth-order valence-electron chi connectivity index (χ4n) is 2.83. The lowest BCUT2D eigenvalue weighted by atomic mass is 9.63. The minimum atomic E-state index is -0.728. The predicted molar refractivity (Wildman–Crippen MR) is 73.2 cm³/mol. The van der Waals surface area contributed by atoms with Gasteiger partial charge in [-0.25, -0.2) is 0 Å². The number of nitriles is 1. The molecule has 1 aromatic rings. The number of nitrogens with zero attached hydrogens (tertiary/aromatic N) is 3. The highest BCUT2D eigenvalue weighted by atomic mass is 16.3. The molecule has 0 radical (unpaired) electrons. The Kier molecular flexibility index (Phi) is 3.69. The Bertz CT molecular complexity index is 474. The number of aliphatic hydroxyl groups is 1. The van der Waals surface area contributed by atoms with Crippen molar-refractivity contribution >= 4 is 0 Å². The summed E-state index contributed by atoms with van der Waals surface area (Å²) in [4.78, 5) is 0. The van der Waals surface area contributed by atoms with Crippen LogP contribution in [0, 0.1) is 22.2 Å². The number of aryl methyl sites for hydroxylation is 1. The number of rotatable bonds is 3. The third-order valence-electron chi connectivity index (χ3n) is 4.53. The molecule has 19 heavy (non-hydrogen) atoms. The molecule has 1 aliphatic carbocycles. The maximum absolute atomic E-state index is 10.6. The van der Waals surface area contributed by atoms with Gasteiger partial charge in [0.05, 0.1) is 17.7 Å². The van der Waals surface area contributed by atoms with Gasteiger partial charge < -0.3 is 5.11 Å². The summed E-state index contributed by atoms with van der Waals surface area (Å²) >= 11 is 0. The van der Waals surface area contributed by atoms with Crippen molar-refractivity contribution < 1.29 is 5.11 Å². The van der Waals surface area contributed by atoms with Gasteiger partial charge >= 0.3 is 0 Å². The summed E-state index contributed by atoms with van der Waals surface area (Å²) in [6.45, 7) is 7.25. The van der Waals surface area contributed by atoms with E-state index in [4.69, 9.17) is 0 Å². The predicted octanol–water partition coefficient (Wildman–Crippen LogP) is 3.05. The minimum Gasteiger partial charge on any atom is -0.387 e. The Morgan fingerprint density at radius 3 is 2.53 bits per heavy atom. The number of hydrogen-bond donors (Lipinski definition) is 1. The van der Waals surface area contributed by atoms with Crippen molar-refractivity contribution in [2.24, 2.45) is 10.8 Å². The van der Waals surface area contributed by atoms with Crippen LogP contribution in [0.5, 0.6) is 0 Å². The molecule has 0 aromatic carbocycles. The number of aliphatic hydroxyl groups excluding tert-OH is 1. The van der Waals surface area contributed by atoms with Gasteiger partial charge in [-0.05, 0) is 38.0 Å². The third kappa shape index (κ3) is 2.66. The molecule has 2 rings (SSSR count). The average Bonchev–Trinajstić information content (AvgIpc) is 2.87. The topological polar surface area (TPSA) is 61.8 Å². The third-order valence-corrected chi connectivity index (χ3v) is 4.53. The molecule has 0 saturated heterocycles. The summed E-state index contributed by atoms with van der Waals surface area (Å²) in [5.41, 5.74) is 0.410. The van der Waals surface area contributed by atoms with E-state index in [1.165, 1.54) is 0 Å². The lowest BCUT2D eigenvalue weighted by Gasteiger charge is -2.41. The van der Waals surface area contributed by atoms with E-state index < -0.39 is 11.5 Å². The van der Waals surface area contributed by atoms with Crippen LogP contribution in [0.15, 0.2) is 12.4 Å². The smallest absolute Gasteiger partial charge is 0.101 e. The van der Waals surface area contributed by atoms with Crippen LogP contribution < -0.4 is 0 Å². The van der Waals surface area contributed by atoms with Crippen LogP contribution in [-0.4, -0.2) is 14.9 Å². The molecule has 0 spiro atoms. The van der Waals surface area contributed by atoms with Crippen LogP contribution in [0.3, 0.4) is 0 Å². The lowest BCUT2D eigenvalue weighted by Crippen LogP contribution is -2.35. The quantitative estimate of drug-likeness (QED) is 0.909. The summed E-state index contributed by atoms with van der Waals surface area (Å²) in [6.07, 6.45) is 6.30. The SMILES string of the molecule is CCn1cc(C(O)C2(C#N)CCC(C)(C)CC2)cn1. The van der Waals surface area contributed by atoms with Crippen LogP contribution in [0.1, 0.15) is 58.1 Å². The van der Waals surface area contributed by atoms with E-state index in [0.717, 1.165) is 37.8 Å². The normalized spacial score (nSPS) is 22.7. The molecular weight excluding hydrogens is 238 g/mol. The van der Waals surface area contributed by atoms with E-state index >= 15 is 0 Å². The lowest BCUT2D eigenvalue weighted by molar-refractivity contribution is 0.00951. The molecule has 1 saturated carbocycles. The van der Waals surface area contributed by atoms with Crippen molar-refractivity contribution in [3.8, 4) is 6.07 Å². The maximum atomic E-state index is 10.6. The largest absolute Gasteiger partial charge is 0.387 e. The average molecular weight is 261 g/mol. The zero-order valence-corrected chi connectivity index (χ0v) is 12.1. The highest BCUT2D eigenvalue weighted by Crippen LogP contribution is 2.50. The van der Waals surface area contributed by atoms with Gasteiger partial charge in [-0.1, -0.05) is 13.8 Å². The van der Waals surface area contributed by atoms with Crippen LogP contribution in [-0.2, 0) is 6.54 Å². The summed E-state index contributed by atoms with van der Waals surface area (Å²) in [7, 11) is 0. The van der Waals surface area contributed by atoms with Crippen molar-refractivity contribution in [3.05, 3.63) is 18.0 Å². The second-order valence-electron chi connectivity index (χ2n) is 6.46. The van der Waals surface area contributed by atoms with Gasteiger partial charge in [0.25, 0.3) is 0 Å². The van der Waals surface area contributed by atoms with Gasteiger partial charge in [0.2, 0.25) is 0 Å². The van der Waals surface area contributed by atoms with Gasteiger partial charge in [0.1, 0.15) is 6.10 Å². The monoisotopic (exact) mass is 261 g/mol. The molecule has 1 fully saturated rings. The Morgan fingerprint density at radius 1 is 1.42 bits per heavy atom. The second kappa shape index (κ2) is 4.97. The summed E-state index contributed by atoms with van der Waals surface area (Å²) in [6, 6.07) is 2.39. The first-order valence-corrected chi connectivity index (χ1v) is 7.04.